The number of sulfonamides is 1. The number of hydrogen-bond acceptors (Lipinski definition) is 4. The van der Waals surface area contributed by atoms with E-state index in [1.807, 2.05) is 87.5 Å². The number of anilines is 1. The fourth-order valence-corrected chi connectivity index (χ4v) is 6.77. The van der Waals surface area contributed by atoms with Gasteiger partial charge in [-0.2, -0.15) is 0 Å². The lowest BCUT2D eigenvalue weighted by molar-refractivity contribution is -0.140. The molecule has 0 saturated carbocycles. The van der Waals surface area contributed by atoms with Crippen LogP contribution >= 0.6 is 0 Å². The maximum atomic E-state index is 14.6. The zero-order valence-corrected chi connectivity index (χ0v) is 27.4. The molecule has 1 atom stereocenters. The number of carbonyl (C=O) groups is 2. The SMILES string of the molecule is CCCCNC(=O)[C@H](Cc1ccccc1)N(Cc1ccc(C)cc1)C(=O)CN(c1ccc(C)cc1C)S(=O)(=O)c1ccccc1. The molecule has 0 bridgehead atoms. The molecular formula is C37H43N3O4S. The second kappa shape index (κ2) is 15.5. The minimum atomic E-state index is -4.13. The lowest BCUT2D eigenvalue weighted by Crippen LogP contribution is -2.53. The first-order chi connectivity index (χ1) is 21.6. The van der Waals surface area contributed by atoms with Crippen LogP contribution in [0.3, 0.4) is 0 Å². The molecule has 8 heteroatoms. The molecule has 0 saturated heterocycles. The van der Waals surface area contributed by atoms with Gasteiger partial charge in [0.15, 0.2) is 0 Å². The van der Waals surface area contributed by atoms with Gasteiger partial charge in [0, 0.05) is 19.5 Å². The summed E-state index contributed by atoms with van der Waals surface area (Å²) in [6.45, 7) is 7.98. The van der Waals surface area contributed by atoms with Crippen molar-refractivity contribution < 1.29 is 18.0 Å². The Kier molecular flexibility index (Phi) is 11.5. The van der Waals surface area contributed by atoms with E-state index in [0.717, 1.165) is 40.7 Å². The normalized spacial score (nSPS) is 11.9. The molecule has 2 amide bonds. The second-order valence-electron chi connectivity index (χ2n) is 11.5. The quantitative estimate of drug-likeness (QED) is 0.165. The number of aryl methyl sites for hydroxylation is 3. The van der Waals surface area contributed by atoms with E-state index in [2.05, 4.69) is 12.2 Å². The summed E-state index contributed by atoms with van der Waals surface area (Å²) in [5.74, 6) is -0.738. The van der Waals surface area contributed by atoms with Gasteiger partial charge in [0.05, 0.1) is 10.6 Å². The lowest BCUT2D eigenvalue weighted by atomic mass is 10.0. The number of amides is 2. The van der Waals surface area contributed by atoms with E-state index in [0.29, 0.717) is 12.2 Å². The third kappa shape index (κ3) is 8.82. The van der Waals surface area contributed by atoms with Crippen molar-refractivity contribution in [2.75, 3.05) is 17.4 Å². The first kappa shape index (κ1) is 33.5. The van der Waals surface area contributed by atoms with Crippen molar-refractivity contribution >= 4 is 27.5 Å². The van der Waals surface area contributed by atoms with Gasteiger partial charge in [-0.15, -0.1) is 0 Å². The van der Waals surface area contributed by atoms with E-state index in [4.69, 9.17) is 0 Å². The monoisotopic (exact) mass is 625 g/mol. The summed E-state index contributed by atoms with van der Waals surface area (Å²) < 4.78 is 29.5. The highest BCUT2D eigenvalue weighted by atomic mass is 32.2. The first-order valence-electron chi connectivity index (χ1n) is 15.4. The predicted molar refractivity (Wildman–Crippen MR) is 180 cm³/mol. The van der Waals surface area contributed by atoms with E-state index >= 15 is 0 Å². The largest absolute Gasteiger partial charge is 0.354 e. The fourth-order valence-electron chi connectivity index (χ4n) is 5.27. The molecule has 7 nitrogen and oxygen atoms in total. The van der Waals surface area contributed by atoms with Crippen LogP contribution in [0.5, 0.6) is 0 Å². The summed E-state index contributed by atoms with van der Waals surface area (Å²) in [4.78, 5) is 30.0. The Labute approximate surface area is 268 Å². The number of nitrogens with one attached hydrogen (secondary N) is 1. The average Bonchev–Trinajstić information content (AvgIpc) is 3.03. The third-order valence-corrected chi connectivity index (χ3v) is 9.58. The zero-order chi connectivity index (χ0) is 32.4. The van der Waals surface area contributed by atoms with Gasteiger partial charge >= 0.3 is 0 Å². The molecule has 0 aliphatic rings. The molecule has 4 rings (SSSR count). The van der Waals surface area contributed by atoms with Crippen LogP contribution < -0.4 is 9.62 Å². The Bertz CT molecular complexity index is 1670. The van der Waals surface area contributed by atoms with Crippen molar-refractivity contribution in [2.24, 2.45) is 0 Å². The summed E-state index contributed by atoms with van der Waals surface area (Å²) >= 11 is 0. The molecule has 0 unspecified atom stereocenters. The van der Waals surface area contributed by atoms with Crippen LogP contribution in [0.15, 0.2) is 108 Å². The van der Waals surface area contributed by atoms with Crippen molar-refractivity contribution in [3.8, 4) is 0 Å². The fraction of sp³-hybridized carbons (Fsp3) is 0.297. The molecule has 0 aromatic heterocycles. The molecule has 0 spiro atoms. The second-order valence-corrected chi connectivity index (χ2v) is 13.3. The first-order valence-corrected chi connectivity index (χ1v) is 16.9. The highest BCUT2D eigenvalue weighted by Gasteiger charge is 2.35. The smallest absolute Gasteiger partial charge is 0.264 e. The molecule has 45 heavy (non-hydrogen) atoms. The van der Waals surface area contributed by atoms with Gasteiger partial charge in [0.2, 0.25) is 11.8 Å². The van der Waals surface area contributed by atoms with E-state index in [9.17, 15) is 18.0 Å². The van der Waals surface area contributed by atoms with Crippen LogP contribution in [0.4, 0.5) is 5.69 Å². The summed E-state index contributed by atoms with van der Waals surface area (Å²) in [5, 5.41) is 3.03. The summed E-state index contributed by atoms with van der Waals surface area (Å²) in [7, 11) is -4.13. The topological polar surface area (TPSA) is 86.8 Å². The molecule has 0 fully saturated rings. The van der Waals surface area contributed by atoms with Gasteiger partial charge < -0.3 is 10.2 Å². The van der Waals surface area contributed by atoms with Crippen molar-refractivity contribution in [2.45, 2.75) is 64.4 Å². The molecule has 0 radical (unpaired) electrons. The Morgan fingerprint density at radius 1 is 0.778 bits per heavy atom. The molecule has 236 valence electrons. The molecule has 1 N–H and O–H groups in total. The maximum Gasteiger partial charge on any atom is 0.264 e. The van der Waals surface area contributed by atoms with E-state index in [1.54, 1.807) is 24.3 Å². The van der Waals surface area contributed by atoms with E-state index in [1.165, 1.54) is 21.3 Å². The van der Waals surface area contributed by atoms with E-state index < -0.39 is 28.5 Å². The van der Waals surface area contributed by atoms with Crippen molar-refractivity contribution in [3.63, 3.8) is 0 Å². The highest BCUT2D eigenvalue weighted by Crippen LogP contribution is 2.28. The van der Waals surface area contributed by atoms with Crippen LogP contribution in [0.1, 0.15) is 47.6 Å². The number of benzene rings is 4. The number of rotatable bonds is 14. The Balaban J connectivity index is 1.80. The number of unbranched alkanes of at least 4 members (excludes halogenated alkanes) is 1. The summed E-state index contributed by atoms with van der Waals surface area (Å²) in [6, 6.07) is 30.1. The van der Waals surface area contributed by atoms with Gasteiger partial charge in [0.25, 0.3) is 10.0 Å². The van der Waals surface area contributed by atoms with Crippen molar-refractivity contribution in [3.05, 3.63) is 131 Å². The predicted octanol–water partition coefficient (Wildman–Crippen LogP) is 6.36. The molecule has 0 heterocycles. The van der Waals surface area contributed by atoms with Gasteiger partial charge in [-0.05, 0) is 62.1 Å². The Hall–Kier alpha value is -4.43. The average molecular weight is 626 g/mol. The minimum Gasteiger partial charge on any atom is -0.354 e. The van der Waals surface area contributed by atoms with Gasteiger partial charge in [-0.1, -0.05) is 109 Å². The lowest BCUT2D eigenvalue weighted by Gasteiger charge is -2.34. The Morgan fingerprint density at radius 3 is 2.02 bits per heavy atom. The zero-order valence-electron chi connectivity index (χ0n) is 26.6. The van der Waals surface area contributed by atoms with Crippen LogP contribution in [-0.2, 0) is 32.6 Å². The molecule has 0 aliphatic carbocycles. The molecule has 4 aromatic rings. The van der Waals surface area contributed by atoms with Crippen LogP contribution in [0.25, 0.3) is 0 Å². The Morgan fingerprint density at radius 2 is 1.40 bits per heavy atom. The number of carbonyl (C=O) groups excluding carboxylic acids is 2. The number of nitrogens with zero attached hydrogens (tertiary/aromatic N) is 2. The molecule has 0 aliphatic heterocycles. The van der Waals surface area contributed by atoms with E-state index in [-0.39, 0.29) is 23.8 Å². The third-order valence-electron chi connectivity index (χ3n) is 7.81. The van der Waals surface area contributed by atoms with Gasteiger partial charge in [-0.25, -0.2) is 8.42 Å². The highest BCUT2D eigenvalue weighted by molar-refractivity contribution is 7.92. The maximum absolute atomic E-state index is 14.6. The number of hydrogen-bond donors (Lipinski definition) is 1. The van der Waals surface area contributed by atoms with Crippen LogP contribution in [0.2, 0.25) is 0 Å². The summed E-state index contributed by atoms with van der Waals surface area (Å²) in [6.07, 6.45) is 2.01. The van der Waals surface area contributed by atoms with Crippen LogP contribution in [0, 0.1) is 20.8 Å². The minimum absolute atomic E-state index is 0.0843. The van der Waals surface area contributed by atoms with Crippen molar-refractivity contribution in [1.29, 1.82) is 0 Å². The molecular weight excluding hydrogens is 582 g/mol. The molecule has 4 aromatic carbocycles. The van der Waals surface area contributed by atoms with Gasteiger partial charge in [-0.3, -0.25) is 13.9 Å². The van der Waals surface area contributed by atoms with Crippen LogP contribution in [-0.4, -0.2) is 44.3 Å². The van der Waals surface area contributed by atoms with Gasteiger partial charge in [0.1, 0.15) is 12.6 Å². The summed E-state index contributed by atoms with van der Waals surface area (Å²) in [5.41, 5.74) is 4.94. The van der Waals surface area contributed by atoms with Crippen molar-refractivity contribution in [1.82, 2.24) is 10.2 Å². The standard InChI is InChI=1S/C37H43N3O4S/c1-5-6-23-38-37(42)35(25-31-13-9-7-10-14-31)39(26-32-20-17-28(2)18-21-32)36(41)27-40(34-22-19-29(3)24-30(34)4)45(43,44)33-15-11-8-12-16-33/h7-22,24,35H,5-6,23,25-27H2,1-4H3,(H,38,42)/t35-/m0/s1.